The zero-order valence-electron chi connectivity index (χ0n) is 9.86. The molecule has 0 saturated heterocycles. The highest BCUT2D eigenvalue weighted by atomic mass is 32.2. The predicted octanol–water partition coefficient (Wildman–Crippen LogP) is 0.971. The van der Waals surface area contributed by atoms with Crippen LogP contribution in [0.5, 0.6) is 0 Å². The first-order valence-electron chi connectivity index (χ1n) is 5.47. The van der Waals surface area contributed by atoms with Crippen LogP contribution in [0.15, 0.2) is 5.03 Å². The van der Waals surface area contributed by atoms with Gasteiger partial charge in [0, 0.05) is 13.1 Å². The molecule has 17 heavy (non-hydrogen) atoms. The second-order valence-corrected chi connectivity index (χ2v) is 5.10. The van der Waals surface area contributed by atoms with Crippen molar-refractivity contribution in [1.82, 2.24) is 15.1 Å². The standard InChI is InChI=1S/C11H14N4OS/c1-7-9(5-12)11(15(2)14-7)17-6-10(16)13-8-3-4-8/h8H,3-4,6H2,1-2H3,(H,13,16). The summed E-state index contributed by atoms with van der Waals surface area (Å²) in [6, 6.07) is 2.51. The van der Waals surface area contributed by atoms with E-state index in [0.717, 1.165) is 17.9 Å². The van der Waals surface area contributed by atoms with Crippen LogP contribution in [0, 0.1) is 18.3 Å². The normalized spacial score (nSPS) is 14.4. The fourth-order valence-corrected chi connectivity index (χ4v) is 2.48. The Morgan fingerprint density at radius 1 is 1.71 bits per heavy atom. The quantitative estimate of drug-likeness (QED) is 0.808. The Morgan fingerprint density at radius 2 is 2.41 bits per heavy atom. The summed E-state index contributed by atoms with van der Waals surface area (Å²) in [5.41, 5.74) is 1.27. The molecule has 0 unspecified atom stereocenters. The molecular formula is C11H14N4OS. The molecule has 1 saturated carbocycles. The van der Waals surface area contributed by atoms with Gasteiger partial charge in [0.2, 0.25) is 5.91 Å². The summed E-state index contributed by atoms with van der Waals surface area (Å²) in [7, 11) is 1.79. The van der Waals surface area contributed by atoms with Crippen LogP contribution in [0.25, 0.3) is 0 Å². The van der Waals surface area contributed by atoms with Crippen LogP contribution in [-0.4, -0.2) is 27.5 Å². The molecule has 2 rings (SSSR count). The van der Waals surface area contributed by atoms with Crippen LogP contribution >= 0.6 is 11.8 Å². The largest absolute Gasteiger partial charge is 0.353 e. The molecule has 1 amide bonds. The number of hydrogen-bond acceptors (Lipinski definition) is 4. The highest BCUT2D eigenvalue weighted by Gasteiger charge is 2.23. The van der Waals surface area contributed by atoms with Crippen molar-refractivity contribution in [2.24, 2.45) is 7.05 Å². The van der Waals surface area contributed by atoms with Crippen LogP contribution in [-0.2, 0) is 11.8 Å². The first-order valence-corrected chi connectivity index (χ1v) is 6.46. The molecule has 0 spiro atoms. The van der Waals surface area contributed by atoms with Crippen LogP contribution in [0.1, 0.15) is 24.1 Å². The van der Waals surface area contributed by atoms with Crippen LogP contribution < -0.4 is 5.32 Å². The summed E-state index contributed by atoms with van der Waals surface area (Å²) >= 11 is 1.36. The summed E-state index contributed by atoms with van der Waals surface area (Å²) < 4.78 is 1.66. The summed E-state index contributed by atoms with van der Waals surface area (Å²) in [6.07, 6.45) is 2.18. The van der Waals surface area contributed by atoms with Gasteiger partial charge in [0.25, 0.3) is 0 Å². The second kappa shape index (κ2) is 4.80. The van der Waals surface area contributed by atoms with Gasteiger partial charge >= 0.3 is 0 Å². The van der Waals surface area contributed by atoms with E-state index in [0.29, 0.717) is 23.1 Å². The van der Waals surface area contributed by atoms with Gasteiger partial charge in [-0.3, -0.25) is 9.48 Å². The average Bonchev–Trinajstić information content (AvgIpc) is 3.02. The van der Waals surface area contributed by atoms with Crippen molar-refractivity contribution in [3.8, 4) is 6.07 Å². The first kappa shape index (κ1) is 12.0. The molecule has 5 nitrogen and oxygen atoms in total. The molecule has 1 N–H and O–H groups in total. The van der Waals surface area contributed by atoms with Crippen molar-refractivity contribution in [2.75, 3.05) is 5.75 Å². The smallest absolute Gasteiger partial charge is 0.230 e. The molecule has 1 heterocycles. The zero-order valence-corrected chi connectivity index (χ0v) is 10.7. The fraction of sp³-hybridized carbons (Fsp3) is 0.545. The molecule has 90 valence electrons. The van der Waals surface area contributed by atoms with Gasteiger partial charge in [0.15, 0.2) is 0 Å². The molecule has 0 atom stereocenters. The SMILES string of the molecule is Cc1nn(C)c(SCC(=O)NC2CC2)c1C#N. The minimum Gasteiger partial charge on any atom is -0.353 e. The Bertz CT molecular complexity index is 484. The fourth-order valence-electron chi connectivity index (χ4n) is 1.56. The van der Waals surface area contributed by atoms with Gasteiger partial charge in [-0.05, 0) is 19.8 Å². The average molecular weight is 250 g/mol. The van der Waals surface area contributed by atoms with Gasteiger partial charge in [0.05, 0.1) is 11.4 Å². The molecule has 1 fully saturated rings. The lowest BCUT2D eigenvalue weighted by atomic mass is 10.3. The Kier molecular flexibility index (Phi) is 3.38. The Morgan fingerprint density at radius 3 is 3.00 bits per heavy atom. The lowest BCUT2D eigenvalue weighted by molar-refractivity contribution is -0.118. The number of rotatable bonds is 4. The highest BCUT2D eigenvalue weighted by Crippen LogP contribution is 2.24. The number of thioether (sulfide) groups is 1. The van der Waals surface area contributed by atoms with Crippen molar-refractivity contribution in [3.63, 3.8) is 0 Å². The van der Waals surface area contributed by atoms with E-state index < -0.39 is 0 Å². The molecule has 1 aromatic rings. The van der Waals surface area contributed by atoms with Crippen molar-refractivity contribution < 1.29 is 4.79 Å². The van der Waals surface area contributed by atoms with Gasteiger partial charge < -0.3 is 5.32 Å². The maximum atomic E-state index is 11.5. The zero-order chi connectivity index (χ0) is 12.4. The molecule has 0 aromatic carbocycles. The molecule has 0 radical (unpaired) electrons. The Balaban J connectivity index is 1.98. The molecule has 6 heteroatoms. The molecule has 0 bridgehead atoms. The third-order valence-electron chi connectivity index (χ3n) is 2.56. The highest BCUT2D eigenvalue weighted by molar-refractivity contribution is 8.00. The van der Waals surface area contributed by atoms with Gasteiger partial charge in [-0.25, -0.2) is 0 Å². The first-order chi connectivity index (χ1) is 8.11. The summed E-state index contributed by atoms with van der Waals surface area (Å²) in [5.74, 6) is 0.365. The molecule has 1 aliphatic rings. The van der Waals surface area contributed by atoms with E-state index in [4.69, 9.17) is 5.26 Å². The van der Waals surface area contributed by atoms with Crippen molar-refractivity contribution in [3.05, 3.63) is 11.3 Å². The maximum absolute atomic E-state index is 11.5. The number of hydrogen-bond donors (Lipinski definition) is 1. The number of nitrogens with one attached hydrogen (secondary N) is 1. The van der Waals surface area contributed by atoms with Crippen LogP contribution in [0.4, 0.5) is 0 Å². The van der Waals surface area contributed by atoms with Gasteiger partial charge in [0.1, 0.15) is 16.7 Å². The second-order valence-electron chi connectivity index (χ2n) is 4.13. The van der Waals surface area contributed by atoms with Crippen molar-refractivity contribution in [2.45, 2.75) is 30.8 Å². The lowest BCUT2D eigenvalue weighted by Crippen LogP contribution is -2.27. The van der Waals surface area contributed by atoms with E-state index in [1.165, 1.54) is 11.8 Å². The molecule has 1 aromatic heterocycles. The number of aromatic nitrogens is 2. The van der Waals surface area contributed by atoms with Crippen molar-refractivity contribution in [1.29, 1.82) is 5.26 Å². The predicted molar refractivity (Wildman–Crippen MR) is 64.5 cm³/mol. The maximum Gasteiger partial charge on any atom is 0.230 e. The van der Waals surface area contributed by atoms with Gasteiger partial charge in [-0.2, -0.15) is 10.4 Å². The van der Waals surface area contributed by atoms with E-state index in [-0.39, 0.29) is 5.91 Å². The van der Waals surface area contributed by atoms with Crippen LogP contribution in [0.2, 0.25) is 0 Å². The van der Waals surface area contributed by atoms with Gasteiger partial charge in [-0.15, -0.1) is 0 Å². The molecule has 1 aliphatic carbocycles. The summed E-state index contributed by atoms with van der Waals surface area (Å²) in [6.45, 7) is 1.80. The Labute approximate surface area is 104 Å². The Hall–Kier alpha value is -1.48. The summed E-state index contributed by atoms with van der Waals surface area (Å²) in [5, 5.41) is 16.9. The number of nitrogens with zero attached hydrogens (tertiary/aromatic N) is 3. The number of aryl methyl sites for hydroxylation is 2. The molecule has 0 aliphatic heterocycles. The minimum absolute atomic E-state index is 0.0280. The van der Waals surface area contributed by atoms with E-state index >= 15 is 0 Å². The number of carbonyl (C=O) groups is 1. The minimum atomic E-state index is 0.0280. The van der Waals surface area contributed by atoms with E-state index in [2.05, 4.69) is 16.5 Å². The van der Waals surface area contributed by atoms with E-state index in [1.54, 1.807) is 18.7 Å². The van der Waals surface area contributed by atoms with Gasteiger partial charge in [-0.1, -0.05) is 11.8 Å². The third kappa shape index (κ3) is 2.80. The number of nitriles is 1. The number of carbonyl (C=O) groups excluding carboxylic acids is 1. The lowest BCUT2D eigenvalue weighted by Gasteiger charge is -2.03. The van der Waals surface area contributed by atoms with E-state index in [1.807, 2.05) is 0 Å². The van der Waals surface area contributed by atoms with Crippen LogP contribution in [0.3, 0.4) is 0 Å². The third-order valence-corrected chi connectivity index (χ3v) is 3.71. The number of amides is 1. The summed E-state index contributed by atoms with van der Waals surface area (Å²) in [4.78, 5) is 11.5. The topological polar surface area (TPSA) is 70.7 Å². The monoisotopic (exact) mass is 250 g/mol. The molecular weight excluding hydrogens is 236 g/mol. The van der Waals surface area contributed by atoms with Crippen molar-refractivity contribution >= 4 is 17.7 Å². The van der Waals surface area contributed by atoms with E-state index in [9.17, 15) is 4.79 Å².